The van der Waals surface area contributed by atoms with Crippen LogP contribution in [0.15, 0.2) is 46.9 Å². The van der Waals surface area contributed by atoms with Crippen LogP contribution in [0.25, 0.3) is 0 Å². The number of hydrogen-bond acceptors (Lipinski definition) is 1. The van der Waals surface area contributed by atoms with Gasteiger partial charge in [0.2, 0.25) is 0 Å². The van der Waals surface area contributed by atoms with Crippen molar-refractivity contribution in [2.24, 2.45) is 0 Å². The lowest BCUT2D eigenvalue weighted by atomic mass is 10.1. The molecule has 0 bridgehead atoms. The molecule has 0 saturated heterocycles. The topological polar surface area (TPSA) is 29.1 Å². The van der Waals surface area contributed by atoms with E-state index in [0.717, 1.165) is 5.56 Å². The van der Waals surface area contributed by atoms with E-state index in [1.165, 1.54) is 6.07 Å². The largest absolute Gasteiger partial charge is 0.322 e. The van der Waals surface area contributed by atoms with Crippen LogP contribution in [0.1, 0.15) is 15.9 Å². The zero-order chi connectivity index (χ0) is 13.1. The third kappa shape index (κ3) is 2.59. The molecule has 4 heteroatoms. The minimum absolute atomic E-state index is 0.0210. The Labute approximate surface area is 113 Å². The van der Waals surface area contributed by atoms with Gasteiger partial charge in [-0.3, -0.25) is 4.79 Å². The Morgan fingerprint density at radius 3 is 2.61 bits per heavy atom. The molecule has 0 aliphatic rings. The van der Waals surface area contributed by atoms with Gasteiger partial charge in [0.15, 0.2) is 0 Å². The Bertz CT molecular complexity index is 598. The fourth-order valence-electron chi connectivity index (χ4n) is 1.58. The highest BCUT2D eigenvalue weighted by atomic mass is 79.9. The van der Waals surface area contributed by atoms with Crippen molar-refractivity contribution in [3.8, 4) is 0 Å². The van der Waals surface area contributed by atoms with E-state index in [1.807, 2.05) is 25.1 Å². The lowest BCUT2D eigenvalue weighted by Crippen LogP contribution is -2.14. The molecule has 0 aromatic heterocycles. The summed E-state index contributed by atoms with van der Waals surface area (Å²) in [5, 5.41) is 2.69. The summed E-state index contributed by atoms with van der Waals surface area (Å²) in [6, 6.07) is 12.0. The second-order valence-corrected chi connectivity index (χ2v) is 4.72. The minimum Gasteiger partial charge on any atom is -0.322 e. The summed E-state index contributed by atoms with van der Waals surface area (Å²) in [7, 11) is 0. The molecule has 2 aromatic rings. The molecule has 0 saturated carbocycles. The molecule has 0 spiro atoms. The lowest BCUT2D eigenvalue weighted by molar-refractivity contribution is 0.102. The standard InChI is InChI=1S/C14H11BrFNO/c1-9-5-2-3-8-12(9)17-14(18)10-6-4-7-11(15)13(10)16/h2-8H,1H3,(H,17,18). The van der Waals surface area contributed by atoms with Gasteiger partial charge in [0.25, 0.3) is 5.91 Å². The molecule has 2 nitrogen and oxygen atoms in total. The second-order valence-electron chi connectivity index (χ2n) is 3.87. The number of anilines is 1. The summed E-state index contributed by atoms with van der Waals surface area (Å²) >= 11 is 3.06. The van der Waals surface area contributed by atoms with Gasteiger partial charge in [0.1, 0.15) is 5.82 Å². The quantitative estimate of drug-likeness (QED) is 0.887. The Balaban J connectivity index is 2.28. The highest BCUT2D eigenvalue weighted by Crippen LogP contribution is 2.20. The first-order chi connectivity index (χ1) is 8.59. The maximum absolute atomic E-state index is 13.7. The molecule has 1 amide bonds. The highest BCUT2D eigenvalue weighted by Gasteiger charge is 2.14. The van der Waals surface area contributed by atoms with Crippen molar-refractivity contribution in [3.05, 3.63) is 63.9 Å². The maximum Gasteiger partial charge on any atom is 0.258 e. The molecule has 1 N–H and O–H groups in total. The number of rotatable bonds is 2. The predicted octanol–water partition coefficient (Wildman–Crippen LogP) is 4.15. The number of halogens is 2. The summed E-state index contributed by atoms with van der Waals surface area (Å²) in [5.41, 5.74) is 1.63. The number of carbonyl (C=O) groups is 1. The van der Waals surface area contributed by atoms with Crippen LogP contribution < -0.4 is 5.32 Å². The van der Waals surface area contributed by atoms with Crippen molar-refractivity contribution >= 4 is 27.5 Å². The molecular weight excluding hydrogens is 297 g/mol. The number of amides is 1. The molecule has 0 aliphatic heterocycles. The number of nitrogens with one attached hydrogen (secondary N) is 1. The molecule has 0 unspecified atom stereocenters. The molecule has 0 atom stereocenters. The van der Waals surface area contributed by atoms with E-state index in [4.69, 9.17) is 0 Å². The molecule has 18 heavy (non-hydrogen) atoms. The zero-order valence-electron chi connectivity index (χ0n) is 9.71. The van der Waals surface area contributed by atoms with Crippen molar-refractivity contribution < 1.29 is 9.18 Å². The van der Waals surface area contributed by atoms with E-state index in [1.54, 1.807) is 18.2 Å². The molecule has 0 aliphatic carbocycles. The summed E-state index contributed by atoms with van der Waals surface area (Å²) in [4.78, 5) is 12.0. The van der Waals surface area contributed by atoms with E-state index in [-0.39, 0.29) is 10.0 Å². The van der Waals surface area contributed by atoms with Gasteiger partial charge in [-0.2, -0.15) is 0 Å². The van der Waals surface area contributed by atoms with Crippen LogP contribution in [-0.4, -0.2) is 5.91 Å². The number of para-hydroxylation sites is 1. The molecule has 0 heterocycles. The van der Waals surface area contributed by atoms with Gasteiger partial charge in [-0.15, -0.1) is 0 Å². The van der Waals surface area contributed by atoms with E-state index in [2.05, 4.69) is 21.2 Å². The van der Waals surface area contributed by atoms with Gasteiger partial charge < -0.3 is 5.32 Å². The monoisotopic (exact) mass is 307 g/mol. The predicted molar refractivity (Wildman–Crippen MR) is 73.2 cm³/mol. The van der Waals surface area contributed by atoms with E-state index < -0.39 is 11.7 Å². The highest BCUT2D eigenvalue weighted by molar-refractivity contribution is 9.10. The average Bonchev–Trinajstić information content (AvgIpc) is 2.35. The van der Waals surface area contributed by atoms with E-state index >= 15 is 0 Å². The fraction of sp³-hybridized carbons (Fsp3) is 0.0714. The third-order valence-corrected chi connectivity index (χ3v) is 3.20. The van der Waals surface area contributed by atoms with Crippen LogP contribution in [0.3, 0.4) is 0 Å². The van der Waals surface area contributed by atoms with E-state index in [0.29, 0.717) is 5.69 Å². The van der Waals surface area contributed by atoms with Crippen molar-refractivity contribution in [1.82, 2.24) is 0 Å². The number of hydrogen-bond donors (Lipinski definition) is 1. The van der Waals surface area contributed by atoms with Crippen molar-refractivity contribution in [2.45, 2.75) is 6.92 Å². The van der Waals surface area contributed by atoms with Crippen LogP contribution in [0, 0.1) is 12.7 Å². The third-order valence-electron chi connectivity index (χ3n) is 2.59. The number of carbonyl (C=O) groups excluding carboxylic acids is 1. The second kappa shape index (κ2) is 5.31. The molecule has 92 valence electrons. The Kier molecular flexibility index (Phi) is 3.77. The molecule has 0 radical (unpaired) electrons. The van der Waals surface area contributed by atoms with Gasteiger partial charge in [0, 0.05) is 5.69 Å². The molecular formula is C14H11BrFNO. The molecule has 2 aromatic carbocycles. The van der Waals surface area contributed by atoms with Gasteiger partial charge in [-0.25, -0.2) is 4.39 Å². The first-order valence-electron chi connectivity index (χ1n) is 5.40. The lowest BCUT2D eigenvalue weighted by Gasteiger charge is -2.09. The first-order valence-corrected chi connectivity index (χ1v) is 6.20. The van der Waals surface area contributed by atoms with Gasteiger partial charge in [-0.05, 0) is 46.6 Å². The van der Waals surface area contributed by atoms with E-state index in [9.17, 15) is 9.18 Å². The summed E-state index contributed by atoms with van der Waals surface area (Å²) in [5.74, 6) is -1.01. The number of aryl methyl sites for hydroxylation is 1. The Morgan fingerprint density at radius 2 is 1.89 bits per heavy atom. The maximum atomic E-state index is 13.7. The van der Waals surface area contributed by atoms with Crippen LogP contribution >= 0.6 is 15.9 Å². The first kappa shape index (κ1) is 12.8. The summed E-state index contributed by atoms with van der Waals surface area (Å²) in [6.45, 7) is 1.88. The number of benzene rings is 2. The Morgan fingerprint density at radius 1 is 1.17 bits per heavy atom. The van der Waals surface area contributed by atoms with Crippen LogP contribution in [0.4, 0.5) is 10.1 Å². The fourth-order valence-corrected chi connectivity index (χ4v) is 1.95. The minimum atomic E-state index is -0.552. The smallest absolute Gasteiger partial charge is 0.258 e. The zero-order valence-corrected chi connectivity index (χ0v) is 11.3. The molecule has 0 fully saturated rings. The van der Waals surface area contributed by atoms with Gasteiger partial charge in [-0.1, -0.05) is 24.3 Å². The van der Waals surface area contributed by atoms with Crippen molar-refractivity contribution in [3.63, 3.8) is 0 Å². The average molecular weight is 308 g/mol. The van der Waals surface area contributed by atoms with Crippen LogP contribution in [0.2, 0.25) is 0 Å². The van der Waals surface area contributed by atoms with Crippen molar-refractivity contribution in [2.75, 3.05) is 5.32 Å². The summed E-state index contributed by atoms with van der Waals surface area (Å²) in [6.07, 6.45) is 0. The van der Waals surface area contributed by atoms with Crippen molar-refractivity contribution in [1.29, 1.82) is 0 Å². The van der Waals surface area contributed by atoms with Crippen LogP contribution in [0.5, 0.6) is 0 Å². The van der Waals surface area contributed by atoms with Gasteiger partial charge in [0.05, 0.1) is 10.0 Å². The van der Waals surface area contributed by atoms with Crippen LogP contribution in [-0.2, 0) is 0 Å². The SMILES string of the molecule is Cc1ccccc1NC(=O)c1cccc(Br)c1F. The normalized spacial score (nSPS) is 10.2. The summed E-state index contributed by atoms with van der Waals surface area (Å²) < 4.78 is 14.0. The Hall–Kier alpha value is -1.68. The molecule has 2 rings (SSSR count). The van der Waals surface area contributed by atoms with Gasteiger partial charge >= 0.3 is 0 Å².